The van der Waals surface area contributed by atoms with Crippen molar-refractivity contribution in [2.24, 2.45) is 0 Å². The standard InChI is InChI=1S/C13H17N3O3S/c1-9-13(11(3)19-14-9)20(17,18)16-8-7-15-6-4-5-12(15)10(16)2/h4-6,10H,7-8H2,1-3H3/t10-/m0/s1. The molecule has 0 bridgehead atoms. The van der Waals surface area contributed by atoms with Crippen molar-refractivity contribution in [1.82, 2.24) is 14.0 Å². The second kappa shape index (κ2) is 4.46. The van der Waals surface area contributed by atoms with Crippen molar-refractivity contribution in [2.75, 3.05) is 6.54 Å². The van der Waals surface area contributed by atoms with E-state index >= 15 is 0 Å². The van der Waals surface area contributed by atoms with Crippen LogP contribution in [0.1, 0.15) is 30.1 Å². The maximum atomic E-state index is 12.8. The van der Waals surface area contributed by atoms with E-state index in [0.717, 1.165) is 5.69 Å². The number of rotatable bonds is 2. The van der Waals surface area contributed by atoms with Crippen LogP contribution >= 0.6 is 0 Å². The van der Waals surface area contributed by atoms with E-state index in [-0.39, 0.29) is 10.9 Å². The van der Waals surface area contributed by atoms with Crippen LogP contribution in [0, 0.1) is 13.8 Å². The molecule has 2 aromatic heterocycles. The molecule has 0 saturated heterocycles. The molecule has 20 heavy (non-hydrogen) atoms. The summed E-state index contributed by atoms with van der Waals surface area (Å²) < 4.78 is 34.3. The molecule has 108 valence electrons. The highest BCUT2D eigenvalue weighted by atomic mass is 32.2. The minimum atomic E-state index is -3.59. The molecule has 0 unspecified atom stereocenters. The fraction of sp³-hybridized carbons (Fsp3) is 0.462. The van der Waals surface area contributed by atoms with Gasteiger partial charge < -0.3 is 9.09 Å². The van der Waals surface area contributed by atoms with Crippen molar-refractivity contribution < 1.29 is 12.9 Å². The van der Waals surface area contributed by atoms with Crippen molar-refractivity contribution in [3.8, 4) is 0 Å². The Kier molecular flexibility index (Phi) is 2.98. The minimum absolute atomic E-state index is 0.197. The van der Waals surface area contributed by atoms with Gasteiger partial charge in [0.05, 0.1) is 6.04 Å². The van der Waals surface area contributed by atoms with Crippen LogP contribution in [0.5, 0.6) is 0 Å². The van der Waals surface area contributed by atoms with Gasteiger partial charge in [0, 0.05) is 25.0 Å². The number of nitrogens with zero attached hydrogens (tertiary/aromatic N) is 3. The molecule has 0 fully saturated rings. The zero-order chi connectivity index (χ0) is 14.5. The molecule has 2 aromatic rings. The maximum absolute atomic E-state index is 12.8. The van der Waals surface area contributed by atoms with E-state index < -0.39 is 10.0 Å². The van der Waals surface area contributed by atoms with Crippen LogP contribution in [0.4, 0.5) is 0 Å². The lowest BCUT2D eigenvalue weighted by atomic mass is 10.2. The van der Waals surface area contributed by atoms with Crippen LogP contribution < -0.4 is 0 Å². The number of hydrogen-bond acceptors (Lipinski definition) is 4. The van der Waals surface area contributed by atoms with Crippen LogP contribution in [-0.2, 0) is 16.6 Å². The molecule has 3 heterocycles. The van der Waals surface area contributed by atoms with Crippen LogP contribution in [0.3, 0.4) is 0 Å². The first kappa shape index (κ1) is 13.4. The third kappa shape index (κ3) is 1.81. The largest absolute Gasteiger partial charge is 0.360 e. The summed E-state index contributed by atoms with van der Waals surface area (Å²) in [5, 5.41) is 3.75. The van der Waals surface area contributed by atoms with Gasteiger partial charge in [-0.2, -0.15) is 4.31 Å². The number of fused-ring (bicyclic) bond motifs is 1. The molecule has 0 radical (unpaired) electrons. The molecular formula is C13H17N3O3S. The van der Waals surface area contributed by atoms with E-state index in [9.17, 15) is 8.42 Å². The highest BCUT2D eigenvalue weighted by Gasteiger charge is 2.37. The number of aromatic nitrogens is 2. The molecule has 3 rings (SSSR count). The Balaban J connectivity index is 2.06. The minimum Gasteiger partial charge on any atom is -0.360 e. The van der Waals surface area contributed by atoms with E-state index in [0.29, 0.717) is 24.5 Å². The summed E-state index contributed by atoms with van der Waals surface area (Å²) in [6.07, 6.45) is 1.98. The van der Waals surface area contributed by atoms with Crippen molar-refractivity contribution >= 4 is 10.0 Å². The maximum Gasteiger partial charge on any atom is 0.249 e. The normalized spacial score (nSPS) is 20.1. The van der Waals surface area contributed by atoms with E-state index in [2.05, 4.69) is 9.72 Å². The average molecular weight is 295 g/mol. The molecular weight excluding hydrogens is 278 g/mol. The summed E-state index contributed by atoms with van der Waals surface area (Å²) in [5.74, 6) is 0.343. The van der Waals surface area contributed by atoms with Gasteiger partial charge in [0.2, 0.25) is 10.0 Å². The zero-order valence-electron chi connectivity index (χ0n) is 11.7. The van der Waals surface area contributed by atoms with Gasteiger partial charge in [-0.1, -0.05) is 5.16 Å². The second-order valence-electron chi connectivity index (χ2n) is 5.07. The molecule has 6 nitrogen and oxygen atoms in total. The summed E-state index contributed by atoms with van der Waals surface area (Å²) in [6.45, 7) is 6.30. The second-order valence-corrected chi connectivity index (χ2v) is 6.90. The topological polar surface area (TPSA) is 68.3 Å². The zero-order valence-corrected chi connectivity index (χ0v) is 12.5. The summed E-state index contributed by atoms with van der Waals surface area (Å²) in [4.78, 5) is 0.198. The molecule has 1 aliphatic rings. The van der Waals surface area contributed by atoms with E-state index in [4.69, 9.17) is 4.52 Å². The third-order valence-corrected chi connectivity index (χ3v) is 6.04. The smallest absolute Gasteiger partial charge is 0.249 e. The molecule has 1 atom stereocenters. The van der Waals surface area contributed by atoms with Crippen LogP contribution in [-0.4, -0.2) is 29.0 Å². The lowest BCUT2D eigenvalue weighted by molar-refractivity contribution is 0.282. The Labute approximate surface area is 118 Å². The van der Waals surface area contributed by atoms with Gasteiger partial charge in [-0.25, -0.2) is 8.42 Å². The average Bonchev–Trinajstić information content (AvgIpc) is 2.97. The Morgan fingerprint density at radius 1 is 1.35 bits per heavy atom. The molecule has 0 spiro atoms. The van der Waals surface area contributed by atoms with Crippen molar-refractivity contribution in [3.05, 3.63) is 35.5 Å². The molecule has 0 aromatic carbocycles. The molecule has 0 N–H and O–H groups in total. The van der Waals surface area contributed by atoms with Gasteiger partial charge in [-0.15, -0.1) is 0 Å². The van der Waals surface area contributed by atoms with Crippen LogP contribution in [0.2, 0.25) is 0 Å². The van der Waals surface area contributed by atoms with E-state index in [1.807, 2.05) is 25.3 Å². The first-order chi connectivity index (χ1) is 9.43. The monoisotopic (exact) mass is 295 g/mol. The van der Waals surface area contributed by atoms with Gasteiger partial charge in [0.25, 0.3) is 0 Å². The number of sulfonamides is 1. The number of aryl methyl sites for hydroxylation is 2. The van der Waals surface area contributed by atoms with Gasteiger partial charge in [0.1, 0.15) is 10.6 Å². The Bertz CT molecular complexity index is 725. The summed E-state index contributed by atoms with van der Waals surface area (Å²) in [7, 11) is -3.59. The molecule has 1 aliphatic heterocycles. The van der Waals surface area contributed by atoms with Gasteiger partial charge in [0.15, 0.2) is 5.76 Å². The van der Waals surface area contributed by atoms with Crippen molar-refractivity contribution in [1.29, 1.82) is 0 Å². The third-order valence-electron chi connectivity index (χ3n) is 3.82. The summed E-state index contributed by atoms with van der Waals surface area (Å²) in [6, 6.07) is 3.70. The van der Waals surface area contributed by atoms with Crippen molar-refractivity contribution in [3.63, 3.8) is 0 Å². The van der Waals surface area contributed by atoms with E-state index in [1.54, 1.807) is 13.8 Å². The Morgan fingerprint density at radius 3 is 2.75 bits per heavy atom. The summed E-state index contributed by atoms with van der Waals surface area (Å²) >= 11 is 0. The molecule has 0 saturated carbocycles. The highest BCUT2D eigenvalue weighted by Crippen LogP contribution is 2.33. The quantitative estimate of drug-likeness (QED) is 0.848. The highest BCUT2D eigenvalue weighted by molar-refractivity contribution is 7.89. The van der Waals surface area contributed by atoms with E-state index in [1.165, 1.54) is 4.31 Å². The fourth-order valence-electron chi connectivity index (χ4n) is 2.85. The van der Waals surface area contributed by atoms with Crippen molar-refractivity contribution in [2.45, 2.75) is 38.3 Å². The number of hydrogen-bond donors (Lipinski definition) is 0. The van der Waals surface area contributed by atoms with Gasteiger partial charge >= 0.3 is 0 Å². The summed E-state index contributed by atoms with van der Waals surface area (Å²) in [5.41, 5.74) is 1.42. The van der Waals surface area contributed by atoms with Gasteiger partial charge in [-0.3, -0.25) is 0 Å². The Morgan fingerprint density at radius 2 is 2.10 bits per heavy atom. The predicted octanol–water partition coefficient (Wildman–Crippen LogP) is 1.86. The van der Waals surface area contributed by atoms with Crippen LogP contribution in [0.25, 0.3) is 0 Å². The fourth-order valence-corrected chi connectivity index (χ4v) is 4.74. The first-order valence-electron chi connectivity index (χ1n) is 6.52. The van der Waals surface area contributed by atoms with Crippen LogP contribution in [0.15, 0.2) is 27.7 Å². The van der Waals surface area contributed by atoms with Gasteiger partial charge in [-0.05, 0) is 32.9 Å². The molecule has 7 heteroatoms. The molecule has 0 aliphatic carbocycles. The first-order valence-corrected chi connectivity index (χ1v) is 7.96. The SMILES string of the molecule is Cc1noc(C)c1S(=O)(=O)N1CCn2cccc2[C@@H]1C. The predicted molar refractivity (Wildman–Crippen MR) is 72.7 cm³/mol. The Hall–Kier alpha value is -1.60. The lowest BCUT2D eigenvalue weighted by Gasteiger charge is -2.33. The molecule has 0 amide bonds. The lowest BCUT2D eigenvalue weighted by Crippen LogP contribution is -2.40.